The molecule has 0 amide bonds. The molecule has 0 aliphatic carbocycles. The molecule has 3 heteroatoms. The van der Waals surface area contributed by atoms with Crippen molar-refractivity contribution in [3.05, 3.63) is 60.7 Å². The highest BCUT2D eigenvalue weighted by molar-refractivity contribution is 5.85. The molecule has 2 rings (SSSR count). The lowest BCUT2D eigenvalue weighted by Gasteiger charge is -2.20. The number of nitrogens with zero attached hydrogens (tertiary/aromatic N) is 1. The summed E-state index contributed by atoms with van der Waals surface area (Å²) in [6, 6.07) is 14.5. The van der Waals surface area contributed by atoms with E-state index in [0.29, 0.717) is 13.1 Å². The van der Waals surface area contributed by atoms with Crippen molar-refractivity contribution in [3.8, 4) is 0 Å². The van der Waals surface area contributed by atoms with Gasteiger partial charge in [-0.25, -0.2) is 0 Å². The molecule has 0 bridgehead atoms. The van der Waals surface area contributed by atoms with E-state index in [4.69, 9.17) is 5.11 Å². The molecule has 0 atom stereocenters. The third kappa shape index (κ3) is 3.68. The second kappa shape index (κ2) is 6.87. The van der Waals surface area contributed by atoms with Crippen LogP contribution < -0.4 is 0 Å². The molecular formula is C17H19NO2. The highest BCUT2D eigenvalue weighted by Gasteiger charge is 2.09. The van der Waals surface area contributed by atoms with Gasteiger partial charge in [-0.3, -0.25) is 9.69 Å². The molecule has 1 N–H and O–H groups in total. The van der Waals surface area contributed by atoms with Crippen molar-refractivity contribution in [3.63, 3.8) is 0 Å². The Hall–Kier alpha value is -2.13. The lowest BCUT2D eigenvalue weighted by molar-refractivity contribution is -0.137. The standard InChI is InChI=1S/C17H19NO2/c1-2-11-18(12-10-17(19)20)13-15-8-5-7-14-6-3-4-9-16(14)15/h2-9H,1,10-13H2,(H,19,20). The highest BCUT2D eigenvalue weighted by atomic mass is 16.4. The van der Waals surface area contributed by atoms with Gasteiger partial charge in [-0.05, 0) is 16.3 Å². The minimum absolute atomic E-state index is 0.151. The molecule has 0 spiro atoms. The molecule has 0 aliphatic heterocycles. The summed E-state index contributed by atoms with van der Waals surface area (Å²) in [7, 11) is 0. The lowest BCUT2D eigenvalue weighted by Crippen LogP contribution is -2.26. The average molecular weight is 269 g/mol. The Bertz CT molecular complexity index is 601. The van der Waals surface area contributed by atoms with E-state index in [1.807, 2.05) is 24.3 Å². The Morgan fingerprint density at radius 1 is 1.20 bits per heavy atom. The van der Waals surface area contributed by atoms with E-state index in [2.05, 4.69) is 35.7 Å². The van der Waals surface area contributed by atoms with Gasteiger partial charge in [-0.1, -0.05) is 48.5 Å². The van der Waals surface area contributed by atoms with Gasteiger partial charge in [0.25, 0.3) is 0 Å². The number of aliphatic carboxylic acids is 1. The van der Waals surface area contributed by atoms with E-state index in [1.54, 1.807) is 0 Å². The van der Waals surface area contributed by atoms with Crippen LogP contribution in [0, 0.1) is 0 Å². The first-order valence-electron chi connectivity index (χ1n) is 6.72. The van der Waals surface area contributed by atoms with Crippen molar-refractivity contribution in [2.24, 2.45) is 0 Å². The van der Waals surface area contributed by atoms with Crippen LogP contribution in [0.15, 0.2) is 55.1 Å². The molecular weight excluding hydrogens is 250 g/mol. The van der Waals surface area contributed by atoms with Gasteiger partial charge in [0.15, 0.2) is 0 Å². The number of carboxylic acids is 1. The van der Waals surface area contributed by atoms with Crippen LogP contribution in [0.25, 0.3) is 10.8 Å². The molecule has 2 aromatic carbocycles. The molecule has 0 saturated heterocycles. The van der Waals surface area contributed by atoms with Gasteiger partial charge in [0.2, 0.25) is 0 Å². The second-order valence-corrected chi connectivity index (χ2v) is 4.81. The summed E-state index contributed by atoms with van der Waals surface area (Å²) in [5.74, 6) is -0.767. The monoisotopic (exact) mass is 269 g/mol. The minimum Gasteiger partial charge on any atom is -0.481 e. The number of carboxylic acid groups (broad SMARTS) is 1. The molecule has 0 radical (unpaired) electrons. The van der Waals surface area contributed by atoms with E-state index in [-0.39, 0.29) is 6.42 Å². The van der Waals surface area contributed by atoms with Crippen LogP contribution in [0.2, 0.25) is 0 Å². The van der Waals surface area contributed by atoms with Crippen molar-refractivity contribution < 1.29 is 9.90 Å². The number of hydrogen-bond acceptors (Lipinski definition) is 2. The van der Waals surface area contributed by atoms with Crippen LogP contribution in [0.1, 0.15) is 12.0 Å². The Morgan fingerprint density at radius 3 is 2.70 bits per heavy atom. The van der Waals surface area contributed by atoms with Crippen LogP contribution >= 0.6 is 0 Å². The summed E-state index contributed by atoms with van der Waals surface area (Å²) >= 11 is 0. The molecule has 3 nitrogen and oxygen atoms in total. The van der Waals surface area contributed by atoms with Gasteiger partial charge in [0, 0.05) is 19.6 Å². The predicted molar refractivity (Wildman–Crippen MR) is 81.7 cm³/mol. The summed E-state index contributed by atoms with van der Waals surface area (Å²) in [5.41, 5.74) is 1.22. The summed E-state index contributed by atoms with van der Waals surface area (Å²) in [6.45, 7) is 5.70. The van der Waals surface area contributed by atoms with E-state index in [1.165, 1.54) is 16.3 Å². The SMILES string of the molecule is C=CCN(CCC(=O)O)Cc1cccc2ccccc12. The summed E-state index contributed by atoms with van der Waals surface area (Å²) in [5, 5.41) is 11.2. The quantitative estimate of drug-likeness (QED) is 0.784. The zero-order valence-electron chi connectivity index (χ0n) is 11.5. The molecule has 104 valence electrons. The average Bonchev–Trinajstić information content (AvgIpc) is 2.45. The maximum atomic E-state index is 10.7. The van der Waals surface area contributed by atoms with Gasteiger partial charge in [0.1, 0.15) is 0 Å². The topological polar surface area (TPSA) is 40.5 Å². The lowest BCUT2D eigenvalue weighted by atomic mass is 10.0. The van der Waals surface area contributed by atoms with Crippen molar-refractivity contribution in [2.75, 3.05) is 13.1 Å². The number of rotatable bonds is 7. The molecule has 0 saturated carbocycles. The number of benzene rings is 2. The zero-order valence-corrected chi connectivity index (χ0v) is 11.5. The van der Waals surface area contributed by atoms with E-state index in [0.717, 1.165) is 6.54 Å². The van der Waals surface area contributed by atoms with Crippen LogP contribution in [-0.4, -0.2) is 29.1 Å². The minimum atomic E-state index is -0.767. The third-order valence-corrected chi connectivity index (χ3v) is 3.30. The van der Waals surface area contributed by atoms with Gasteiger partial charge in [-0.2, -0.15) is 0 Å². The van der Waals surface area contributed by atoms with Crippen molar-refractivity contribution in [1.82, 2.24) is 4.90 Å². The highest BCUT2D eigenvalue weighted by Crippen LogP contribution is 2.20. The molecule has 2 aromatic rings. The molecule has 0 unspecified atom stereocenters. The largest absolute Gasteiger partial charge is 0.481 e. The smallest absolute Gasteiger partial charge is 0.304 e. The maximum absolute atomic E-state index is 10.7. The van der Waals surface area contributed by atoms with E-state index < -0.39 is 5.97 Å². The van der Waals surface area contributed by atoms with Gasteiger partial charge >= 0.3 is 5.97 Å². The van der Waals surface area contributed by atoms with E-state index >= 15 is 0 Å². The van der Waals surface area contributed by atoms with Crippen LogP contribution in [-0.2, 0) is 11.3 Å². The first-order chi connectivity index (χ1) is 9.70. The molecule has 0 heterocycles. The third-order valence-electron chi connectivity index (χ3n) is 3.30. The number of fused-ring (bicyclic) bond motifs is 1. The fourth-order valence-electron chi connectivity index (χ4n) is 2.34. The zero-order chi connectivity index (χ0) is 14.4. The Morgan fingerprint density at radius 2 is 1.95 bits per heavy atom. The van der Waals surface area contributed by atoms with Crippen LogP contribution in [0.5, 0.6) is 0 Å². The number of carbonyl (C=O) groups is 1. The van der Waals surface area contributed by atoms with Gasteiger partial charge < -0.3 is 5.11 Å². The summed E-state index contributed by atoms with van der Waals surface area (Å²) in [4.78, 5) is 12.8. The van der Waals surface area contributed by atoms with Crippen molar-refractivity contribution in [1.29, 1.82) is 0 Å². The van der Waals surface area contributed by atoms with Gasteiger partial charge in [0.05, 0.1) is 6.42 Å². The molecule has 0 aliphatic rings. The van der Waals surface area contributed by atoms with Crippen molar-refractivity contribution >= 4 is 16.7 Å². The van der Waals surface area contributed by atoms with Crippen LogP contribution in [0.3, 0.4) is 0 Å². The van der Waals surface area contributed by atoms with E-state index in [9.17, 15) is 4.79 Å². The Labute approximate surface area is 119 Å². The predicted octanol–water partition coefficient (Wildman–Crippen LogP) is 3.30. The first kappa shape index (κ1) is 14.3. The molecule has 0 fully saturated rings. The maximum Gasteiger partial charge on any atom is 0.304 e. The van der Waals surface area contributed by atoms with Crippen molar-refractivity contribution in [2.45, 2.75) is 13.0 Å². The fraction of sp³-hybridized carbons (Fsp3) is 0.235. The normalized spacial score (nSPS) is 10.8. The Balaban J connectivity index is 2.19. The van der Waals surface area contributed by atoms with Gasteiger partial charge in [-0.15, -0.1) is 6.58 Å². The Kier molecular flexibility index (Phi) is 4.91. The summed E-state index contributed by atoms with van der Waals surface area (Å²) in [6.07, 6.45) is 1.96. The molecule has 0 aromatic heterocycles. The first-order valence-corrected chi connectivity index (χ1v) is 6.72. The second-order valence-electron chi connectivity index (χ2n) is 4.81. The molecule has 20 heavy (non-hydrogen) atoms. The van der Waals surface area contributed by atoms with Crippen LogP contribution in [0.4, 0.5) is 0 Å². The fourth-order valence-corrected chi connectivity index (χ4v) is 2.34. The summed E-state index contributed by atoms with van der Waals surface area (Å²) < 4.78 is 0. The number of hydrogen-bond donors (Lipinski definition) is 1.